The molecule has 1 saturated heterocycles. The van der Waals surface area contributed by atoms with Crippen LogP contribution >= 0.6 is 0 Å². The summed E-state index contributed by atoms with van der Waals surface area (Å²) >= 11 is 0. The molecule has 0 radical (unpaired) electrons. The highest BCUT2D eigenvalue weighted by Gasteiger charge is 2.21. The van der Waals surface area contributed by atoms with Crippen molar-refractivity contribution in [3.63, 3.8) is 0 Å². The predicted molar refractivity (Wildman–Crippen MR) is 112 cm³/mol. The molecule has 1 unspecified atom stereocenters. The van der Waals surface area contributed by atoms with Gasteiger partial charge >= 0.3 is 0 Å². The van der Waals surface area contributed by atoms with Crippen molar-refractivity contribution in [2.75, 3.05) is 19.6 Å². The first-order valence-corrected chi connectivity index (χ1v) is 10.2. The highest BCUT2D eigenvalue weighted by molar-refractivity contribution is 5.92. The molecule has 4 rings (SSSR count). The molecule has 7 heteroatoms. The summed E-state index contributed by atoms with van der Waals surface area (Å²) in [6.07, 6.45) is 7.87. The monoisotopic (exact) mass is 392 g/mol. The van der Waals surface area contributed by atoms with Crippen molar-refractivity contribution in [2.45, 2.75) is 26.3 Å². The highest BCUT2D eigenvalue weighted by Crippen LogP contribution is 2.19. The molecule has 1 fully saturated rings. The van der Waals surface area contributed by atoms with Crippen LogP contribution in [0, 0.1) is 12.8 Å². The number of carbonyl (C=O) groups excluding carboxylic acids is 1. The number of nitrogens with zero attached hydrogens (tertiary/aromatic N) is 5. The van der Waals surface area contributed by atoms with Gasteiger partial charge in [0.05, 0.1) is 12.0 Å². The summed E-state index contributed by atoms with van der Waals surface area (Å²) < 4.78 is 3.65. The lowest BCUT2D eigenvalue weighted by molar-refractivity contribution is 0.0921. The molecule has 1 aliphatic rings. The van der Waals surface area contributed by atoms with E-state index in [0.717, 1.165) is 37.4 Å². The van der Waals surface area contributed by atoms with Gasteiger partial charge in [-0.2, -0.15) is 5.10 Å². The van der Waals surface area contributed by atoms with Gasteiger partial charge in [-0.05, 0) is 56.0 Å². The number of amides is 1. The van der Waals surface area contributed by atoms with Gasteiger partial charge in [0.25, 0.3) is 5.91 Å². The minimum absolute atomic E-state index is 0.0414. The molecule has 0 spiro atoms. The molecule has 1 amide bonds. The Morgan fingerprint density at radius 2 is 2.10 bits per heavy atom. The van der Waals surface area contributed by atoms with Gasteiger partial charge in [0.1, 0.15) is 5.69 Å². The molecule has 1 atom stereocenters. The number of hydrogen-bond donors (Lipinski definition) is 1. The molecule has 0 saturated carbocycles. The fourth-order valence-corrected chi connectivity index (χ4v) is 4.06. The minimum atomic E-state index is -0.0414. The summed E-state index contributed by atoms with van der Waals surface area (Å²) in [5.74, 6) is 0.438. The number of nitrogens with one attached hydrogen (secondary N) is 1. The van der Waals surface area contributed by atoms with Crippen LogP contribution in [0.1, 0.15) is 34.6 Å². The molecule has 0 aliphatic carbocycles. The zero-order chi connectivity index (χ0) is 20.2. The van der Waals surface area contributed by atoms with E-state index in [2.05, 4.69) is 44.6 Å². The lowest BCUT2D eigenvalue weighted by Gasteiger charge is -2.32. The van der Waals surface area contributed by atoms with E-state index >= 15 is 0 Å². The lowest BCUT2D eigenvalue weighted by Crippen LogP contribution is -2.40. The van der Waals surface area contributed by atoms with Gasteiger partial charge in [0.2, 0.25) is 0 Å². The van der Waals surface area contributed by atoms with Gasteiger partial charge < -0.3 is 9.88 Å². The smallest absolute Gasteiger partial charge is 0.269 e. The van der Waals surface area contributed by atoms with E-state index < -0.39 is 0 Å². The van der Waals surface area contributed by atoms with E-state index in [1.165, 1.54) is 12.0 Å². The molecule has 152 valence electrons. The molecule has 3 aromatic rings. The van der Waals surface area contributed by atoms with E-state index in [1.807, 2.05) is 37.1 Å². The third-order valence-corrected chi connectivity index (χ3v) is 5.53. The Balaban J connectivity index is 1.29. The van der Waals surface area contributed by atoms with E-state index in [0.29, 0.717) is 18.2 Å². The second kappa shape index (κ2) is 8.61. The third kappa shape index (κ3) is 4.74. The van der Waals surface area contributed by atoms with Gasteiger partial charge in [-0.25, -0.2) is 4.98 Å². The number of hydrogen-bond acceptors (Lipinski definition) is 4. The maximum atomic E-state index is 12.4. The third-order valence-electron chi connectivity index (χ3n) is 5.53. The predicted octanol–water partition coefficient (Wildman–Crippen LogP) is 2.56. The molecule has 7 nitrogen and oxygen atoms in total. The summed E-state index contributed by atoms with van der Waals surface area (Å²) in [4.78, 5) is 19.0. The molecule has 1 aromatic carbocycles. The number of benzene rings is 1. The van der Waals surface area contributed by atoms with Crippen LogP contribution in [-0.2, 0) is 13.6 Å². The Bertz CT molecular complexity index is 944. The highest BCUT2D eigenvalue weighted by atomic mass is 16.2. The molecular formula is C22H28N6O. The van der Waals surface area contributed by atoms with E-state index in [1.54, 1.807) is 10.9 Å². The fourth-order valence-electron chi connectivity index (χ4n) is 4.06. The van der Waals surface area contributed by atoms with Gasteiger partial charge in [-0.1, -0.05) is 12.1 Å². The number of imidazole rings is 1. The summed E-state index contributed by atoms with van der Waals surface area (Å²) in [6.45, 7) is 5.66. The Morgan fingerprint density at radius 3 is 2.79 bits per heavy atom. The Labute approximate surface area is 171 Å². The van der Waals surface area contributed by atoms with Crippen molar-refractivity contribution >= 4 is 5.91 Å². The number of aromatic nitrogens is 4. The average molecular weight is 393 g/mol. The van der Waals surface area contributed by atoms with E-state index in [4.69, 9.17) is 0 Å². The molecule has 2 aromatic heterocycles. The van der Waals surface area contributed by atoms with Crippen LogP contribution in [0.3, 0.4) is 0 Å². The SMILES string of the molecule is Cc1cc(C(=O)NCC2CCCN(Cc3ccc(-n4ccnc4)cc3)C2)n(C)n1. The second-order valence-electron chi connectivity index (χ2n) is 7.88. The quantitative estimate of drug-likeness (QED) is 0.700. The Kier molecular flexibility index (Phi) is 5.76. The first kappa shape index (κ1) is 19.4. The van der Waals surface area contributed by atoms with Crippen LogP contribution in [0.15, 0.2) is 49.1 Å². The summed E-state index contributed by atoms with van der Waals surface area (Å²) in [7, 11) is 1.81. The summed E-state index contributed by atoms with van der Waals surface area (Å²) in [5.41, 5.74) is 3.91. The van der Waals surface area contributed by atoms with Crippen LogP contribution in [0.4, 0.5) is 0 Å². The number of carbonyl (C=O) groups is 1. The number of rotatable bonds is 6. The maximum Gasteiger partial charge on any atom is 0.269 e. The van der Waals surface area contributed by atoms with Crippen molar-refractivity contribution in [1.29, 1.82) is 0 Å². The fraction of sp³-hybridized carbons (Fsp3) is 0.409. The van der Waals surface area contributed by atoms with Crippen LogP contribution in [-0.4, -0.2) is 49.8 Å². The van der Waals surface area contributed by atoms with Gasteiger partial charge in [-0.15, -0.1) is 0 Å². The van der Waals surface area contributed by atoms with Gasteiger partial charge in [-0.3, -0.25) is 14.4 Å². The summed E-state index contributed by atoms with van der Waals surface area (Å²) in [6, 6.07) is 10.5. The summed E-state index contributed by atoms with van der Waals surface area (Å²) in [5, 5.41) is 7.35. The molecule has 1 N–H and O–H groups in total. The standard InChI is InChI=1S/C22H28N6O/c1-17-12-21(26(2)25-17)22(29)24-13-19-4-3-10-27(15-19)14-18-5-7-20(8-6-18)28-11-9-23-16-28/h5-9,11-12,16,19H,3-4,10,13-15H2,1-2H3,(H,24,29). The normalized spacial score (nSPS) is 17.4. The first-order valence-electron chi connectivity index (χ1n) is 10.2. The van der Waals surface area contributed by atoms with Crippen LogP contribution in [0.5, 0.6) is 0 Å². The first-order chi connectivity index (χ1) is 14.1. The number of piperidine rings is 1. The minimum Gasteiger partial charge on any atom is -0.350 e. The van der Waals surface area contributed by atoms with E-state index in [9.17, 15) is 4.79 Å². The molecular weight excluding hydrogens is 364 g/mol. The average Bonchev–Trinajstić information content (AvgIpc) is 3.37. The van der Waals surface area contributed by atoms with Crippen molar-refractivity contribution in [1.82, 2.24) is 29.5 Å². The van der Waals surface area contributed by atoms with Crippen molar-refractivity contribution in [3.05, 3.63) is 66.0 Å². The largest absolute Gasteiger partial charge is 0.350 e. The molecule has 1 aliphatic heterocycles. The van der Waals surface area contributed by atoms with Crippen LogP contribution in [0.25, 0.3) is 5.69 Å². The topological polar surface area (TPSA) is 68.0 Å². The van der Waals surface area contributed by atoms with Crippen LogP contribution in [0.2, 0.25) is 0 Å². The zero-order valence-corrected chi connectivity index (χ0v) is 17.1. The second-order valence-corrected chi connectivity index (χ2v) is 7.88. The van der Waals surface area contributed by atoms with Crippen molar-refractivity contribution < 1.29 is 4.79 Å². The number of likely N-dealkylation sites (tertiary alicyclic amines) is 1. The van der Waals surface area contributed by atoms with Crippen LogP contribution < -0.4 is 5.32 Å². The molecule has 3 heterocycles. The van der Waals surface area contributed by atoms with Gasteiger partial charge in [0.15, 0.2) is 0 Å². The lowest BCUT2D eigenvalue weighted by atomic mass is 9.97. The Hall–Kier alpha value is -2.93. The van der Waals surface area contributed by atoms with Crippen molar-refractivity contribution in [2.24, 2.45) is 13.0 Å². The molecule has 0 bridgehead atoms. The molecule has 29 heavy (non-hydrogen) atoms. The number of aryl methyl sites for hydroxylation is 2. The van der Waals surface area contributed by atoms with Gasteiger partial charge in [0, 0.05) is 44.8 Å². The Morgan fingerprint density at radius 1 is 1.28 bits per heavy atom. The van der Waals surface area contributed by atoms with E-state index in [-0.39, 0.29) is 5.91 Å². The maximum absolute atomic E-state index is 12.4. The zero-order valence-electron chi connectivity index (χ0n) is 17.1. The van der Waals surface area contributed by atoms with Crippen molar-refractivity contribution in [3.8, 4) is 5.69 Å².